The summed E-state index contributed by atoms with van der Waals surface area (Å²) in [6.45, 7) is 2.55. The zero-order chi connectivity index (χ0) is 28.8. The fourth-order valence-electron chi connectivity index (χ4n) is 15.7. The number of hydrogen-bond acceptors (Lipinski definition) is 0. The molecular weight excluding hydrogens is 516 g/mol. The lowest BCUT2D eigenvalue weighted by Gasteiger charge is -2.62. The highest BCUT2D eigenvalue weighted by Gasteiger charge is 2.56. The van der Waals surface area contributed by atoms with Gasteiger partial charge in [-0.05, 0) is 179 Å². The highest BCUT2D eigenvalue weighted by molar-refractivity contribution is 5.05. The Morgan fingerprint density at radius 1 is 0.256 bits per heavy atom. The molecule has 0 bridgehead atoms. The van der Waals surface area contributed by atoms with E-state index in [4.69, 9.17) is 0 Å². The molecule has 244 valence electrons. The predicted molar refractivity (Wildman–Crippen MR) is 183 cm³/mol. The molecule has 0 aromatic rings. The van der Waals surface area contributed by atoms with Crippen LogP contribution < -0.4 is 0 Å². The number of fused-ring (bicyclic) bond motifs is 3. The van der Waals surface area contributed by atoms with Crippen LogP contribution in [0.5, 0.6) is 0 Å². The van der Waals surface area contributed by atoms with Crippen LogP contribution in [0.1, 0.15) is 180 Å². The van der Waals surface area contributed by atoms with E-state index in [2.05, 4.69) is 6.92 Å². The van der Waals surface area contributed by atoms with Crippen LogP contribution in [0.2, 0.25) is 0 Å². The number of hydrogen-bond donors (Lipinski definition) is 0. The molecule has 8 saturated carbocycles. The molecule has 0 nitrogen and oxygen atoms in total. The zero-order valence-corrected chi connectivity index (χ0v) is 28.8. The highest BCUT2D eigenvalue weighted by Crippen LogP contribution is 2.64. The molecule has 8 aliphatic rings. The minimum Gasteiger partial charge on any atom is -0.0625 e. The molecule has 0 saturated heterocycles. The molecule has 11 unspecified atom stereocenters. The molecule has 0 aliphatic heterocycles. The van der Waals surface area contributed by atoms with Crippen LogP contribution in [0, 0.1) is 88.8 Å². The van der Waals surface area contributed by atoms with Gasteiger partial charge in [-0.3, -0.25) is 0 Å². The van der Waals surface area contributed by atoms with Gasteiger partial charge in [0.25, 0.3) is 0 Å². The lowest BCUT2D eigenvalue weighted by molar-refractivity contribution is -0.130. The van der Waals surface area contributed by atoms with Crippen LogP contribution in [0.4, 0.5) is 0 Å². The Kier molecular flexibility index (Phi) is 9.61. The van der Waals surface area contributed by atoms with Gasteiger partial charge in [-0.25, -0.2) is 0 Å². The minimum atomic E-state index is 1.01. The normalized spacial score (nSPS) is 52.8. The summed E-state index contributed by atoms with van der Waals surface area (Å²) in [6.07, 6.45) is 43.2. The SMILES string of the molecule is CC1CCCC(C2CCC(C3CCCCC3C3C4CCCCC4C(C4CCC5CCCCC5C4)C4CCCCC43)CC2)C1. The standard InChI is InChI=1S/C43H72/c1-29-11-10-14-33(27-29)31-21-24-32(25-22-31)36-15-4-5-16-37(36)43-40-19-8-6-17-38(40)42(39-18-7-9-20-41(39)43)35-26-23-30-12-2-3-13-34(30)28-35/h29-43H,2-28H2,1H3. The molecule has 0 aromatic heterocycles. The van der Waals surface area contributed by atoms with Gasteiger partial charge in [0, 0.05) is 0 Å². The van der Waals surface area contributed by atoms with Crippen molar-refractivity contribution in [2.24, 2.45) is 88.8 Å². The van der Waals surface area contributed by atoms with Gasteiger partial charge in [-0.2, -0.15) is 0 Å². The monoisotopic (exact) mass is 589 g/mol. The van der Waals surface area contributed by atoms with Crippen molar-refractivity contribution < 1.29 is 0 Å². The molecular formula is C43H72. The maximum atomic E-state index is 2.55. The van der Waals surface area contributed by atoms with Gasteiger partial charge in [0.2, 0.25) is 0 Å². The lowest BCUT2D eigenvalue weighted by Crippen LogP contribution is -2.55. The molecule has 0 heteroatoms. The Balaban J connectivity index is 1.02. The van der Waals surface area contributed by atoms with Gasteiger partial charge in [-0.15, -0.1) is 0 Å². The van der Waals surface area contributed by atoms with Gasteiger partial charge in [0.05, 0.1) is 0 Å². The topological polar surface area (TPSA) is 0 Å². The Bertz CT molecular complexity index is 856. The average molecular weight is 589 g/mol. The van der Waals surface area contributed by atoms with Crippen LogP contribution in [-0.4, -0.2) is 0 Å². The van der Waals surface area contributed by atoms with Crippen molar-refractivity contribution in [3.63, 3.8) is 0 Å². The van der Waals surface area contributed by atoms with Crippen molar-refractivity contribution in [2.75, 3.05) is 0 Å². The third kappa shape index (κ3) is 6.10. The van der Waals surface area contributed by atoms with E-state index in [0.29, 0.717) is 0 Å². The third-order valence-electron chi connectivity index (χ3n) is 17.3. The highest BCUT2D eigenvalue weighted by atomic mass is 14.6. The summed E-state index contributed by atoms with van der Waals surface area (Å²) in [5.41, 5.74) is 0. The van der Waals surface area contributed by atoms with E-state index in [1.165, 1.54) is 12.8 Å². The first kappa shape index (κ1) is 30.3. The maximum Gasteiger partial charge on any atom is -0.0321 e. The molecule has 0 amide bonds. The predicted octanol–water partition coefficient (Wildman–Crippen LogP) is 12.9. The molecule has 8 fully saturated rings. The van der Waals surface area contributed by atoms with E-state index in [9.17, 15) is 0 Å². The van der Waals surface area contributed by atoms with E-state index in [1.807, 2.05) is 0 Å². The fourth-order valence-corrected chi connectivity index (χ4v) is 15.7. The molecule has 43 heavy (non-hydrogen) atoms. The van der Waals surface area contributed by atoms with E-state index < -0.39 is 0 Å². The van der Waals surface area contributed by atoms with Crippen LogP contribution >= 0.6 is 0 Å². The van der Waals surface area contributed by atoms with E-state index in [1.54, 1.807) is 161 Å². The van der Waals surface area contributed by atoms with Crippen LogP contribution in [0.25, 0.3) is 0 Å². The van der Waals surface area contributed by atoms with Crippen molar-refractivity contribution >= 4 is 0 Å². The average Bonchev–Trinajstić information content (AvgIpc) is 3.07. The second-order valence-corrected chi connectivity index (χ2v) is 19.1. The first-order chi connectivity index (χ1) is 21.2. The molecule has 0 aromatic carbocycles. The van der Waals surface area contributed by atoms with Crippen molar-refractivity contribution in [1.82, 2.24) is 0 Å². The Morgan fingerprint density at radius 2 is 0.651 bits per heavy atom. The molecule has 0 N–H and O–H groups in total. The Hall–Kier alpha value is 0. The van der Waals surface area contributed by atoms with Gasteiger partial charge in [-0.1, -0.05) is 90.4 Å². The van der Waals surface area contributed by atoms with E-state index in [-0.39, 0.29) is 0 Å². The first-order valence-corrected chi connectivity index (χ1v) is 21.2. The van der Waals surface area contributed by atoms with Crippen molar-refractivity contribution in [1.29, 1.82) is 0 Å². The quantitative estimate of drug-likeness (QED) is 0.306. The van der Waals surface area contributed by atoms with E-state index in [0.717, 1.165) is 88.8 Å². The lowest BCUT2D eigenvalue weighted by atomic mass is 9.43. The van der Waals surface area contributed by atoms with Gasteiger partial charge in [0.15, 0.2) is 0 Å². The maximum absolute atomic E-state index is 2.55. The van der Waals surface area contributed by atoms with Gasteiger partial charge in [0.1, 0.15) is 0 Å². The third-order valence-corrected chi connectivity index (χ3v) is 17.3. The van der Waals surface area contributed by atoms with Crippen molar-refractivity contribution in [3.8, 4) is 0 Å². The second kappa shape index (κ2) is 13.6. The van der Waals surface area contributed by atoms with Crippen molar-refractivity contribution in [2.45, 2.75) is 180 Å². The summed E-state index contributed by atoms with van der Waals surface area (Å²) in [5.74, 6) is 16.7. The Morgan fingerprint density at radius 3 is 1.26 bits per heavy atom. The van der Waals surface area contributed by atoms with Gasteiger partial charge >= 0.3 is 0 Å². The summed E-state index contributed by atoms with van der Waals surface area (Å²) < 4.78 is 0. The van der Waals surface area contributed by atoms with Crippen LogP contribution in [-0.2, 0) is 0 Å². The molecule has 8 rings (SSSR count). The number of rotatable bonds is 4. The largest absolute Gasteiger partial charge is 0.0625 e. The summed E-state index contributed by atoms with van der Waals surface area (Å²) >= 11 is 0. The smallest absolute Gasteiger partial charge is 0.0321 e. The molecule has 0 spiro atoms. The first-order valence-electron chi connectivity index (χ1n) is 21.2. The van der Waals surface area contributed by atoms with Gasteiger partial charge < -0.3 is 0 Å². The molecule has 11 atom stereocenters. The summed E-state index contributed by atoms with van der Waals surface area (Å²) in [6, 6.07) is 0. The molecule has 0 radical (unpaired) electrons. The minimum absolute atomic E-state index is 1.01. The molecule has 0 heterocycles. The van der Waals surface area contributed by atoms with Crippen molar-refractivity contribution in [3.05, 3.63) is 0 Å². The summed E-state index contributed by atoms with van der Waals surface area (Å²) in [5, 5.41) is 0. The van der Waals surface area contributed by atoms with Crippen LogP contribution in [0.15, 0.2) is 0 Å². The molecule has 8 aliphatic carbocycles. The van der Waals surface area contributed by atoms with E-state index >= 15 is 0 Å². The zero-order valence-electron chi connectivity index (χ0n) is 28.8. The van der Waals surface area contributed by atoms with Crippen LogP contribution in [0.3, 0.4) is 0 Å². The fraction of sp³-hybridized carbons (Fsp3) is 1.00. The summed E-state index contributed by atoms with van der Waals surface area (Å²) in [4.78, 5) is 0. The Labute approximate surface area is 268 Å². The summed E-state index contributed by atoms with van der Waals surface area (Å²) in [7, 11) is 0. The second-order valence-electron chi connectivity index (χ2n) is 19.1.